The van der Waals surface area contributed by atoms with Gasteiger partial charge in [0, 0.05) is 21.3 Å². The zero-order chi connectivity index (χ0) is 16.1. The van der Waals surface area contributed by atoms with Crippen LogP contribution in [-0.2, 0) is 9.53 Å². The van der Waals surface area contributed by atoms with E-state index in [9.17, 15) is 14.7 Å². The molecule has 0 aromatic heterocycles. The average molecular weight is 340 g/mol. The molecule has 2 rings (SSSR count). The Morgan fingerprint density at radius 2 is 1.73 bits per heavy atom. The lowest BCUT2D eigenvalue weighted by Crippen LogP contribution is -2.23. The Labute approximate surface area is 136 Å². The van der Waals surface area contributed by atoms with Gasteiger partial charge < -0.3 is 9.84 Å². The molecule has 1 unspecified atom stereocenters. The first kappa shape index (κ1) is 16.1. The molecule has 22 heavy (non-hydrogen) atoms. The molecule has 0 fully saturated rings. The number of nitrogens with one attached hydrogen (secondary N) is 1. The summed E-state index contributed by atoms with van der Waals surface area (Å²) in [5.74, 6) is -1.30. The van der Waals surface area contributed by atoms with Crippen molar-refractivity contribution in [2.24, 2.45) is 0 Å². The molecule has 2 aromatic rings. The highest BCUT2D eigenvalue weighted by Crippen LogP contribution is 2.22. The number of benzene rings is 2. The zero-order valence-corrected chi connectivity index (χ0v) is 12.6. The van der Waals surface area contributed by atoms with Crippen molar-refractivity contribution in [3.05, 3.63) is 64.1 Å². The molecule has 2 aromatic carbocycles. The van der Waals surface area contributed by atoms with E-state index in [1.807, 2.05) is 0 Å². The Kier molecular flexibility index (Phi) is 5.25. The summed E-state index contributed by atoms with van der Waals surface area (Å²) in [5, 5.41) is 12.5. The van der Waals surface area contributed by atoms with Gasteiger partial charge in [-0.2, -0.15) is 0 Å². The maximum Gasteiger partial charge on any atom is 0.412 e. The molecule has 0 aliphatic carbocycles. The molecule has 0 spiro atoms. The van der Waals surface area contributed by atoms with Crippen LogP contribution in [0.15, 0.2) is 48.5 Å². The lowest BCUT2D eigenvalue weighted by Gasteiger charge is -2.15. The van der Waals surface area contributed by atoms with Gasteiger partial charge in [-0.25, -0.2) is 9.59 Å². The molecule has 7 heteroatoms. The fourth-order valence-electron chi connectivity index (χ4n) is 1.72. The van der Waals surface area contributed by atoms with Crippen LogP contribution in [0.4, 0.5) is 10.5 Å². The number of carbonyl (C=O) groups is 2. The summed E-state index contributed by atoms with van der Waals surface area (Å²) in [7, 11) is 0. The third-order valence-electron chi connectivity index (χ3n) is 2.69. The minimum atomic E-state index is -1.45. The van der Waals surface area contributed by atoms with Crippen LogP contribution >= 0.6 is 23.2 Å². The van der Waals surface area contributed by atoms with Crippen LogP contribution in [0.2, 0.25) is 10.0 Å². The number of carboxylic acid groups (broad SMARTS) is 1. The van der Waals surface area contributed by atoms with Gasteiger partial charge in [0.25, 0.3) is 0 Å². The number of hydrogen-bond donors (Lipinski definition) is 2. The summed E-state index contributed by atoms with van der Waals surface area (Å²) >= 11 is 11.5. The number of carbonyl (C=O) groups excluding carboxylic acids is 1. The van der Waals surface area contributed by atoms with E-state index in [1.165, 1.54) is 12.1 Å². The fourth-order valence-corrected chi connectivity index (χ4v) is 2.04. The number of amides is 1. The standard InChI is InChI=1S/C15H11Cl2NO4/c16-10-4-6-12(7-5-10)18-15(21)22-13(14(19)20)9-2-1-3-11(17)8-9/h1-8,13H,(H,18,21)(H,19,20). The van der Waals surface area contributed by atoms with E-state index in [-0.39, 0.29) is 5.56 Å². The monoisotopic (exact) mass is 339 g/mol. The first-order valence-electron chi connectivity index (χ1n) is 6.17. The maximum absolute atomic E-state index is 11.8. The molecule has 0 radical (unpaired) electrons. The Balaban J connectivity index is 2.09. The Hall–Kier alpha value is -2.24. The van der Waals surface area contributed by atoms with Crippen molar-refractivity contribution in [1.29, 1.82) is 0 Å². The lowest BCUT2D eigenvalue weighted by molar-refractivity contribution is -0.146. The Bertz CT molecular complexity index is 688. The second kappa shape index (κ2) is 7.15. The summed E-state index contributed by atoms with van der Waals surface area (Å²) in [6.07, 6.45) is -2.35. The highest BCUT2D eigenvalue weighted by atomic mass is 35.5. The van der Waals surface area contributed by atoms with Gasteiger partial charge in [0.2, 0.25) is 6.10 Å². The second-order valence-electron chi connectivity index (χ2n) is 4.31. The molecular formula is C15H11Cl2NO4. The van der Waals surface area contributed by atoms with Crippen LogP contribution in [-0.4, -0.2) is 17.2 Å². The number of rotatable bonds is 4. The maximum atomic E-state index is 11.8. The summed E-state index contributed by atoms with van der Waals surface area (Å²) in [5.41, 5.74) is 0.705. The van der Waals surface area contributed by atoms with E-state index < -0.39 is 18.2 Å². The minimum absolute atomic E-state index is 0.270. The predicted molar refractivity (Wildman–Crippen MR) is 83.4 cm³/mol. The van der Waals surface area contributed by atoms with Crippen molar-refractivity contribution in [1.82, 2.24) is 0 Å². The molecule has 0 heterocycles. The van der Waals surface area contributed by atoms with Crippen molar-refractivity contribution in [3.8, 4) is 0 Å². The van der Waals surface area contributed by atoms with E-state index >= 15 is 0 Å². The lowest BCUT2D eigenvalue weighted by atomic mass is 10.1. The van der Waals surface area contributed by atoms with Gasteiger partial charge in [-0.3, -0.25) is 5.32 Å². The van der Waals surface area contributed by atoms with E-state index in [2.05, 4.69) is 5.32 Å². The van der Waals surface area contributed by atoms with Crippen molar-refractivity contribution < 1.29 is 19.4 Å². The number of carboxylic acids is 1. The molecule has 1 atom stereocenters. The van der Waals surface area contributed by atoms with Gasteiger partial charge >= 0.3 is 12.1 Å². The van der Waals surface area contributed by atoms with Crippen molar-refractivity contribution >= 4 is 41.0 Å². The average Bonchev–Trinajstić information content (AvgIpc) is 2.47. The number of halogens is 2. The largest absolute Gasteiger partial charge is 0.478 e. The van der Waals surface area contributed by atoms with Crippen LogP contribution in [0, 0.1) is 0 Å². The predicted octanol–water partition coefficient (Wildman–Crippen LogP) is 4.37. The summed E-state index contributed by atoms with van der Waals surface area (Å²) in [6, 6.07) is 12.4. The van der Waals surface area contributed by atoms with Gasteiger partial charge in [-0.15, -0.1) is 0 Å². The van der Waals surface area contributed by atoms with Crippen LogP contribution in [0.1, 0.15) is 11.7 Å². The highest BCUT2D eigenvalue weighted by molar-refractivity contribution is 6.30. The molecule has 1 amide bonds. The van der Waals surface area contributed by atoms with E-state index in [4.69, 9.17) is 27.9 Å². The molecule has 114 valence electrons. The Morgan fingerprint density at radius 1 is 1.05 bits per heavy atom. The van der Waals surface area contributed by atoms with Crippen molar-refractivity contribution in [3.63, 3.8) is 0 Å². The van der Waals surface area contributed by atoms with Gasteiger partial charge in [-0.1, -0.05) is 35.3 Å². The number of anilines is 1. The molecule has 2 N–H and O–H groups in total. The van der Waals surface area contributed by atoms with Gasteiger partial charge in [-0.05, 0) is 36.4 Å². The molecular weight excluding hydrogens is 329 g/mol. The van der Waals surface area contributed by atoms with Crippen molar-refractivity contribution in [2.75, 3.05) is 5.32 Å². The molecule has 0 aliphatic rings. The SMILES string of the molecule is O=C(Nc1ccc(Cl)cc1)OC(C(=O)O)c1cccc(Cl)c1. The Morgan fingerprint density at radius 3 is 2.32 bits per heavy atom. The minimum Gasteiger partial charge on any atom is -0.478 e. The zero-order valence-electron chi connectivity index (χ0n) is 11.1. The second-order valence-corrected chi connectivity index (χ2v) is 5.18. The van der Waals surface area contributed by atoms with Gasteiger partial charge in [0.1, 0.15) is 0 Å². The topological polar surface area (TPSA) is 75.6 Å². The molecule has 0 saturated heterocycles. The quantitative estimate of drug-likeness (QED) is 0.867. The van der Waals surface area contributed by atoms with Crippen molar-refractivity contribution in [2.45, 2.75) is 6.10 Å². The molecule has 0 aliphatic heterocycles. The van der Waals surface area contributed by atoms with Gasteiger partial charge in [0.15, 0.2) is 0 Å². The molecule has 0 saturated carbocycles. The third kappa shape index (κ3) is 4.38. The highest BCUT2D eigenvalue weighted by Gasteiger charge is 2.24. The van der Waals surface area contributed by atoms with Crippen LogP contribution in [0.25, 0.3) is 0 Å². The van der Waals surface area contributed by atoms with Crippen LogP contribution in [0.5, 0.6) is 0 Å². The fraction of sp³-hybridized carbons (Fsp3) is 0.0667. The first-order valence-corrected chi connectivity index (χ1v) is 6.93. The molecule has 0 bridgehead atoms. The summed E-state index contributed by atoms with van der Waals surface area (Å²) < 4.78 is 4.95. The molecule has 5 nitrogen and oxygen atoms in total. The van der Waals surface area contributed by atoms with E-state index in [0.29, 0.717) is 15.7 Å². The third-order valence-corrected chi connectivity index (χ3v) is 3.18. The van der Waals surface area contributed by atoms with Crippen LogP contribution < -0.4 is 5.32 Å². The first-order chi connectivity index (χ1) is 10.5. The van der Waals surface area contributed by atoms with E-state index in [1.54, 1.807) is 36.4 Å². The number of hydrogen-bond acceptors (Lipinski definition) is 3. The normalized spacial score (nSPS) is 11.5. The number of aliphatic carboxylic acids is 1. The smallest absolute Gasteiger partial charge is 0.412 e. The number of ether oxygens (including phenoxy) is 1. The van der Waals surface area contributed by atoms with E-state index in [0.717, 1.165) is 0 Å². The van der Waals surface area contributed by atoms with Crippen LogP contribution in [0.3, 0.4) is 0 Å². The summed E-state index contributed by atoms with van der Waals surface area (Å²) in [4.78, 5) is 23.1. The van der Waals surface area contributed by atoms with Gasteiger partial charge in [0.05, 0.1) is 0 Å². The summed E-state index contributed by atoms with van der Waals surface area (Å²) in [6.45, 7) is 0.